The first-order chi connectivity index (χ1) is 35.2. The molecule has 1 aromatic heterocycles. The number of aliphatic hydroxyl groups excluding tert-OH is 1. The first-order valence-electron chi connectivity index (χ1n) is 26.7. The number of primary amides is 1. The van der Waals surface area contributed by atoms with E-state index in [0.717, 1.165) is 68.0 Å². The van der Waals surface area contributed by atoms with Crippen molar-refractivity contribution in [2.75, 3.05) is 57.4 Å². The van der Waals surface area contributed by atoms with Crippen molar-refractivity contribution in [3.05, 3.63) is 93.0 Å². The fourth-order valence-corrected chi connectivity index (χ4v) is 13.6. The number of urea groups is 1. The van der Waals surface area contributed by atoms with E-state index in [9.17, 15) is 19.5 Å². The lowest BCUT2D eigenvalue weighted by Crippen LogP contribution is -2.52. The van der Waals surface area contributed by atoms with Crippen LogP contribution in [0.15, 0.2) is 48.5 Å². The van der Waals surface area contributed by atoms with Gasteiger partial charge in [0, 0.05) is 73.0 Å². The highest BCUT2D eigenvalue weighted by atomic mass is 19.1. The number of nitrogens with zero attached hydrogens (tertiary/aromatic N) is 5. The molecule has 5 N–H and O–H groups in total. The summed E-state index contributed by atoms with van der Waals surface area (Å²) in [7, 11) is 1.94. The minimum absolute atomic E-state index is 0.0997. The molecule has 73 heavy (non-hydrogen) atoms. The van der Waals surface area contributed by atoms with Crippen LogP contribution in [0.25, 0.3) is 23.3 Å². The fraction of sp³-hybridized carbons (Fsp3) is 0.544. The maximum absolute atomic E-state index is 16.6. The van der Waals surface area contributed by atoms with Crippen LogP contribution < -0.4 is 41.3 Å². The number of halogens is 2. The number of aromatic nitrogens is 2. The van der Waals surface area contributed by atoms with Gasteiger partial charge in [-0.15, -0.1) is 0 Å². The number of ether oxygens (including phenoxy) is 2. The van der Waals surface area contributed by atoms with Gasteiger partial charge >= 0.3 is 6.03 Å². The number of carbonyl (C=O) groups excluding carboxylic acids is 3. The molecular formula is C57H72F2N8O6. The summed E-state index contributed by atoms with van der Waals surface area (Å²) in [6.45, 7) is 13.1. The van der Waals surface area contributed by atoms with Crippen LogP contribution in [0.3, 0.4) is 0 Å². The number of anilines is 1. The zero-order valence-corrected chi connectivity index (χ0v) is 43.0. The van der Waals surface area contributed by atoms with Crippen LogP contribution in [-0.4, -0.2) is 113 Å². The molecule has 390 valence electrons. The van der Waals surface area contributed by atoms with Gasteiger partial charge in [0.25, 0.3) is 0 Å². The SMILES string of the molecule is Cc1c(F)cc2c(c1-c1c(C(N)=O)ccc(OCCO)c1F)C(C)C(CNC1CCC(C(C)N3CCC(N4CCC(C5C=c6c(c(N7CCC(=O)NC7=O)nn6C)=CC5C)CC4)CC3)CC1)(c1ccccc1)O2. The number of nitrogens with one attached hydrogen (secondary N) is 2. The summed E-state index contributed by atoms with van der Waals surface area (Å²) in [5, 5.41) is 22.6. The summed E-state index contributed by atoms with van der Waals surface area (Å²) >= 11 is 0. The summed E-state index contributed by atoms with van der Waals surface area (Å²) < 4.78 is 47.0. The average Bonchev–Trinajstić information content (AvgIpc) is 3.86. The molecule has 3 saturated heterocycles. The van der Waals surface area contributed by atoms with Crippen molar-refractivity contribution < 1.29 is 37.7 Å². The topological polar surface area (TPSA) is 168 Å². The summed E-state index contributed by atoms with van der Waals surface area (Å²) in [4.78, 5) is 44.5. The molecule has 5 heterocycles. The third-order valence-corrected chi connectivity index (χ3v) is 17.8. The molecule has 5 unspecified atom stereocenters. The van der Waals surface area contributed by atoms with E-state index in [-0.39, 0.29) is 65.3 Å². The van der Waals surface area contributed by atoms with Gasteiger partial charge in [-0.3, -0.25) is 24.5 Å². The van der Waals surface area contributed by atoms with Crippen molar-refractivity contribution in [2.24, 2.45) is 36.5 Å². The number of benzene rings is 3. The average molecular weight is 1000 g/mol. The quantitative estimate of drug-likeness (QED) is 0.114. The summed E-state index contributed by atoms with van der Waals surface area (Å²) in [5.41, 5.74) is 6.51. The molecule has 14 nitrogen and oxygen atoms in total. The number of rotatable bonds is 14. The highest BCUT2D eigenvalue weighted by Gasteiger charge is 2.50. The highest BCUT2D eigenvalue weighted by molar-refractivity contribution is 6.05. The van der Waals surface area contributed by atoms with Crippen molar-refractivity contribution in [2.45, 2.75) is 115 Å². The van der Waals surface area contributed by atoms with Gasteiger partial charge in [0.15, 0.2) is 23.0 Å². The molecular weight excluding hydrogens is 931 g/mol. The van der Waals surface area contributed by atoms with E-state index in [2.05, 4.69) is 46.4 Å². The van der Waals surface area contributed by atoms with Gasteiger partial charge in [0.1, 0.15) is 18.2 Å². The van der Waals surface area contributed by atoms with Gasteiger partial charge in [0.05, 0.1) is 17.5 Å². The number of piperidine rings is 2. The Morgan fingerprint density at radius 3 is 2.38 bits per heavy atom. The number of carbonyl (C=O) groups is 3. The van der Waals surface area contributed by atoms with E-state index in [1.165, 1.54) is 43.9 Å². The van der Waals surface area contributed by atoms with Crippen LogP contribution >= 0.6 is 0 Å². The van der Waals surface area contributed by atoms with Gasteiger partial charge in [-0.05, 0) is 144 Å². The summed E-state index contributed by atoms with van der Waals surface area (Å²) in [6, 6.07) is 14.9. The van der Waals surface area contributed by atoms with E-state index >= 15 is 8.78 Å². The lowest BCUT2D eigenvalue weighted by molar-refractivity contribution is -0.120. The Balaban J connectivity index is 0.748. The lowest BCUT2D eigenvalue weighted by atomic mass is 9.75. The molecule has 4 aromatic rings. The Morgan fingerprint density at radius 2 is 1.70 bits per heavy atom. The Kier molecular flexibility index (Phi) is 14.6. The van der Waals surface area contributed by atoms with E-state index in [1.54, 1.807) is 11.8 Å². The normalized spacial score (nSPS) is 26.6. The Morgan fingerprint density at radius 1 is 0.973 bits per heavy atom. The van der Waals surface area contributed by atoms with Gasteiger partial charge in [-0.1, -0.05) is 56.3 Å². The summed E-state index contributed by atoms with van der Waals surface area (Å²) in [5.74, 6) is -0.289. The number of likely N-dealkylation sites (tertiary alicyclic amines) is 2. The number of fused-ring (bicyclic) bond motifs is 2. The zero-order chi connectivity index (χ0) is 51.3. The van der Waals surface area contributed by atoms with Gasteiger partial charge in [-0.25, -0.2) is 13.6 Å². The molecule has 0 radical (unpaired) electrons. The maximum Gasteiger partial charge on any atom is 0.329 e. The van der Waals surface area contributed by atoms with Crippen molar-refractivity contribution in [3.8, 4) is 22.6 Å². The third-order valence-electron chi connectivity index (χ3n) is 17.8. The van der Waals surface area contributed by atoms with E-state index in [4.69, 9.17) is 20.3 Å². The Labute approximate surface area is 426 Å². The minimum atomic E-state index is -0.976. The number of aliphatic hydroxyl groups is 1. The summed E-state index contributed by atoms with van der Waals surface area (Å²) in [6.07, 6.45) is 14.0. The third kappa shape index (κ3) is 9.57. The molecule has 2 aliphatic carbocycles. The van der Waals surface area contributed by atoms with Crippen LogP contribution in [0, 0.1) is 42.2 Å². The van der Waals surface area contributed by atoms with Crippen LogP contribution in [0.1, 0.15) is 112 Å². The molecule has 5 atom stereocenters. The molecule has 6 aliphatic rings. The molecule has 10 rings (SSSR count). The lowest BCUT2D eigenvalue weighted by Gasteiger charge is -2.46. The van der Waals surface area contributed by atoms with Crippen molar-refractivity contribution in [3.63, 3.8) is 0 Å². The van der Waals surface area contributed by atoms with Crippen LogP contribution in [-0.2, 0) is 17.4 Å². The largest absolute Gasteiger partial charge is 0.488 e. The number of imide groups is 1. The van der Waals surface area contributed by atoms with Gasteiger partial charge in [-0.2, -0.15) is 5.10 Å². The predicted molar refractivity (Wildman–Crippen MR) is 276 cm³/mol. The minimum Gasteiger partial charge on any atom is -0.488 e. The predicted octanol–water partition coefficient (Wildman–Crippen LogP) is 6.22. The molecule has 4 aliphatic heterocycles. The molecule has 16 heteroatoms. The smallest absolute Gasteiger partial charge is 0.329 e. The number of hydrogen-bond acceptors (Lipinski definition) is 10. The molecule has 0 spiro atoms. The maximum atomic E-state index is 16.6. The standard InChI is InChI=1S/C57H72F2N8O6/c1-33-29-44-46(64(5)63-55(44)67-26-21-49(69)62-56(67)71)30-43(33)38-17-22-66(23-18-38)41-19-24-65(25-20-41)36(4)37-11-13-40(14-12-37)61-32-57(39-9-7-6-8-10-39)35(3)51-48(73-57)31-45(58)34(2)50(51)52-42(54(60)70)15-16-47(53(52)59)72-28-27-68/h6-10,15-16,29-31,33,35-38,40-41,43,61,68H,11-14,17-28,32H2,1-5H3,(H2,60,70)(H,62,69,71). The van der Waals surface area contributed by atoms with Crippen LogP contribution in [0.4, 0.5) is 19.4 Å². The van der Waals surface area contributed by atoms with Crippen LogP contribution in [0.2, 0.25) is 0 Å². The second-order valence-electron chi connectivity index (χ2n) is 21.7. The second-order valence-corrected chi connectivity index (χ2v) is 21.7. The van der Waals surface area contributed by atoms with Crippen molar-refractivity contribution in [1.82, 2.24) is 30.2 Å². The fourth-order valence-electron chi connectivity index (χ4n) is 13.6. The molecule has 0 bridgehead atoms. The zero-order valence-electron chi connectivity index (χ0n) is 43.0. The monoisotopic (exact) mass is 1000 g/mol. The van der Waals surface area contributed by atoms with Crippen molar-refractivity contribution >= 4 is 35.8 Å². The molecule has 1 saturated carbocycles. The molecule has 4 amide bonds. The molecule has 4 fully saturated rings. The number of aryl methyl sites for hydroxylation is 1. The number of amides is 4. The van der Waals surface area contributed by atoms with Gasteiger partial charge in [0.2, 0.25) is 11.8 Å². The van der Waals surface area contributed by atoms with E-state index < -0.39 is 35.1 Å². The molecule has 3 aromatic carbocycles. The first-order valence-corrected chi connectivity index (χ1v) is 26.7. The second kappa shape index (κ2) is 20.9. The highest BCUT2D eigenvalue weighted by Crippen LogP contribution is 2.56. The van der Waals surface area contributed by atoms with E-state index in [0.29, 0.717) is 60.2 Å². The number of hydrogen-bond donors (Lipinski definition) is 4. The van der Waals surface area contributed by atoms with E-state index in [1.807, 2.05) is 49.0 Å². The Hall–Kier alpha value is -5.68. The number of nitrogens with two attached hydrogens (primary N) is 1. The van der Waals surface area contributed by atoms with Crippen molar-refractivity contribution in [1.29, 1.82) is 0 Å². The van der Waals surface area contributed by atoms with Crippen LogP contribution in [0.5, 0.6) is 11.5 Å². The van der Waals surface area contributed by atoms with Gasteiger partial charge < -0.3 is 35.4 Å². The first kappa shape index (κ1) is 50.8. The Bertz CT molecular complexity index is 2850.